The molecule has 3 aliphatic heterocycles. The van der Waals surface area contributed by atoms with Gasteiger partial charge in [0.05, 0.1) is 17.6 Å². The highest BCUT2D eigenvalue weighted by molar-refractivity contribution is 6.01. The molecule has 6 N–H and O–H groups in total. The summed E-state index contributed by atoms with van der Waals surface area (Å²) in [6, 6.07) is -2.24. The van der Waals surface area contributed by atoms with E-state index < -0.39 is 47.1 Å². The van der Waals surface area contributed by atoms with Gasteiger partial charge in [0.25, 0.3) is 0 Å². The first-order valence-electron chi connectivity index (χ1n) is 10.6. The van der Waals surface area contributed by atoms with E-state index >= 15 is 0 Å². The van der Waals surface area contributed by atoms with Gasteiger partial charge in [0.15, 0.2) is 0 Å². The normalized spacial score (nSPS) is 32.2. The molecule has 6 atom stereocenters. The van der Waals surface area contributed by atoms with Crippen LogP contribution in [0.25, 0.3) is 0 Å². The molecule has 3 fully saturated rings. The maximum atomic E-state index is 13.3. The van der Waals surface area contributed by atoms with Crippen LogP contribution in [-0.2, 0) is 19.2 Å². The smallest absolute Gasteiger partial charge is 0.245 e. The van der Waals surface area contributed by atoms with Crippen LogP contribution in [0.1, 0.15) is 34.1 Å². The van der Waals surface area contributed by atoms with E-state index in [9.17, 15) is 29.4 Å². The van der Waals surface area contributed by atoms with Crippen molar-refractivity contribution in [2.75, 3.05) is 26.2 Å². The van der Waals surface area contributed by atoms with Crippen molar-refractivity contribution in [3.05, 3.63) is 0 Å². The molecular formula is C20H33N5O6. The number of nitrogens with two attached hydrogens (primary N) is 2. The van der Waals surface area contributed by atoms with Crippen LogP contribution >= 0.6 is 0 Å². The second-order valence-electron chi connectivity index (χ2n) is 9.80. The summed E-state index contributed by atoms with van der Waals surface area (Å²) in [5.74, 6) is -1.98. The van der Waals surface area contributed by atoms with Gasteiger partial charge in [0, 0.05) is 26.2 Å². The zero-order valence-corrected chi connectivity index (χ0v) is 18.4. The molecule has 0 bridgehead atoms. The maximum absolute atomic E-state index is 13.3. The van der Waals surface area contributed by atoms with E-state index in [1.165, 1.54) is 23.6 Å². The molecule has 4 amide bonds. The van der Waals surface area contributed by atoms with Crippen LogP contribution in [0.4, 0.5) is 0 Å². The summed E-state index contributed by atoms with van der Waals surface area (Å²) in [4.78, 5) is 54.6. The number of β-lactam (4-membered cyclic amide) rings is 2. The predicted molar refractivity (Wildman–Crippen MR) is 109 cm³/mol. The van der Waals surface area contributed by atoms with Crippen molar-refractivity contribution in [2.45, 2.75) is 63.9 Å². The molecule has 0 aliphatic carbocycles. The van der Waals surface area contributed by atoms with E-state index in [2.05, 4.69) is 0 Å². The monoisotopic (exact) mass is 439 g/mol. The Morgan fingerprint density at radius 3 is 1.74 bits per heavy atom. The minimum atomic E-state index is -1.13. The third kappa shape index (κ3) is 3.48. The lowest BCUT2D eigenvalue weighted by atomic mass is 9.70. The van der Waals surface area contributed by atoms with E-state index in [0.717, 1.165) is 0 Å². The highest BCUT2D eigenvalue weighted by Gasteiger charge is 2.71. The fourth-order valence-corrected chi connectivity index (χ4v) is 5.57. The quantitative estimate of drug-likeness (QED) is 0.296. The van der Waals surface area contributed by atoms with E-state index in [4.69, 9.17) is 11.5 Å². The number of likely N-dealkylation sites (tertiary alicyclic amines) is 3. The zero-order chi connectivity index (χ0) is 23.5. The van der Waals surface area contributed by atoms with E-state index in [0.29, 0.717) is 13.1 Å². The summed E-state index contributed by atoms with van der Waals surface area (Å²) in [6.45, 7) is 8.12. The molecule has 2 spiro atoms. The third-order valence-corrected chi connectivity index (χ3v) is 6.76. The molecule has 0 saturated carbocycles. The van der Waals surface area contributed by atoms with Gasteiger partial charge < -0.3 is 31.5 Å². The standard InChI is InChI=1S/C20H33N5O6/c1-10(2)5-23-7-19(8-24(17(19)30)13(11(3)26)15(21)28)6-20(23)9-25(18(20)31)14(12(4)27)16(22)29/h10-14,26-27H,5-9H2,1-4H3,(H2,21,28)(H2,22,29)/t11-,12-,13+,14+,19?,20?/m1/s1. The van der Waals surface area contributed by atoms with Crippen LogP contribution in [0, 0.1) is 11.3 Å². The lowest BCUT2D eigenvalue weighted by Crippen LogP contribution is -2.77. The van der Waals surface area contributed by atoms with Gasteiger partial charge in [-0.2, -0.15) is 0 Å². The second-order valence-corrected chi connectivity index (χ2v) is 9.80. The number of aliphatic hydroxyl groups is 2. The number of aliphatic hydroxyl groups excluding tert-OH is 2. The van der Waals surface area contributed by atoms with Gasteiger partial charge in [-0.15, -0.1) is 0 Å². The molecule has 0 aromatic rings. The Kier molecular flexibility index (Phi) is 5.83. The summed E-state index contributed by atoms with van der Waals surface area (Å²) < 4.78 is 0. The molecule has 0 aromatic heterocycles. The molecule has 31 heavy (non-hydrogen) atoms. The minimum Gasteiger partial charge on any atom is -0.391 e. The molecule has 0 radical (unpaired) electrons. The molecule has 2 unspecified atom stereocenters. The van der Waals surface area contributed by atoms with Crippen molar-refractivity contribution < 1.29 is 29.4 Å². The SMILES string of the molecule is CC(C)CN1CC2(CN([C@H](C(N)=O)[C@@H](C)O)C2=O)CC12CN([C@H](C(N)=O)[C@@H](C)O)C2=O. The Bertz CT molecular complexity index is 801. The van der Waals surface area contributed by atoms with Crippen LogP contribution < -0.4 is 11.5 Å². The predicted octanol–water partition coefficient (Wildman–Crippen LogP) is -2.77. The van der Waals surface area contributed by atoms with Gasteiger partial charge in [-0.05, 0) is 26.2 Å². The molecule has 3 aliphatic rings. The largest absolute Gasteiger partial charge is 0.391 e. The van der Waals surface area contributed by atoms with Gasteiger partial charge in [0.2, 0.25) is 23.6 Å². The molecule has 3 heterocycles. The van der Waals surface area contributed by atoms with Crippen LogP contribution in [0.3, 0.4) is 0 Å². The first-order chi connectivity index (χ1) is 14.3. The fourth-order valence-electron chi connectivity index (χ4n) is 5.57. The van der Waals surface area contributed by atoms with Gasteiger partial charge >= 0.3 is 0 Å². The first-order valence-corrected chi connectivity index (χ1v) is 10.6. The van der Waals surface area contributed by atoms with Crippen molar-refractivity contribution in [2.24, 2.45) is 22.8 Å². The summed E-state index contributed by atoms with van der Waals surface area (Å²) in [5, 5.41) is 19.8. The van der Waals surface area contributed by atoms with Crippen LogP contribution in [0.5, 0.6) is 0 Å². The molecule has 3 rings (SSSR count). The minimum absolute atomic E-state index is 0.182. The molecule has 11 nitrogen and oxygen atoms in total. The second kappa shape index (κ2) is 7.72. The Hall–Kier alpha value is -2.24. The highest BCUT2D eigenvalue weighted by atomic mass is 16.3. The lowest BCUT2D eigenvalue weighted by Gasteiger charge is -2.55. The molecule has 174 valence electrons. The number of rotatable bonds is 8. The first kappa shape index (κ1) is 23.4. The third-order valence-electron chi connectivity index (χ3n) is 6.76. The van der Waals surface area contributed by atoms with Crippen LogP contribution in [0.15, 0.2) is 0 Å². The van der Waals surface area contributed by atoms with Crippen LogP contribution in [-0.4, -0.2) is 105 Å². The van der Waals surface area contributed by atoms with Crippen molar-refractivity contribution >= 4 is 23.6 Å². The molecule has 3 saturated heterocycles. The number of nitrogens with zero attached hydrogens (tertiary/aromatic N) is 3. The topological polar surface area (TPSA) is 170 Å². The van der Waals surface area contributed by atoms with E-state index in [1.807, 2.05) is 18.7 Å². The summed E-state index contributed by atoms with van der Waals surface area (Å²) in [6.07, 6.45) is -1.98. The number of hydrogen-bond donors (Lipinski definition) is 4. The van der Waals surface area contributed by atoms with Crippen LogP contribution in [0.2, 0.25) is 0 Å². The number of primary amides is 2. The fraction of sp³-hybridized carbons (Fsp3) is 0.800. The van der Waals surface area contributed by atoms with Gasteiger partial charge in [-0.1, -0.05) is 13.8 Å². The molecular weight excluding hydrogens is 406 g/mol. The van der Waals surface area contributed by atoms with Gasteiger partial charge in [-0.25, -0.2) is 0 Å². The average molecular weight is 440 g/mol. The Balaban J connectivity index is 1.85. The maximum Gasteiger partial charge on any atom is 0.245 e. The number of carbonyl (C=O) groups excluding carboxylic acids is 4. The summed E-state index contributed by atoms with van der Waals surface area (Å²) in [7, 11) is 0. The summed E-state index contributed by atoms with van der Waals surface area (Å²) in [5.41, 5.74) is 8.97. The van der Waals surface area contributed by atoms with Crippen molar-refractivity contribution in [1.82, 2.24) is 14.7 Å². The number of amides is 4. The van der Waals surface area contributed by atoms with E-state index in [1.54, 1.807) is 0 Å². The van der Waals surface area contributed by atoms with E-state index in [-0.39, 0.29) is 37.2 Å². The van der Waals surface area contributed by atoms with Gasteiger partial charge in [-0.3, -0.25) is 24.1 Å². The molecule has 11 heteroatoms. The van der Waals surface area contributed by atoms with Crippen molar-refractivity contribution in [1.29, 1.82) is 0 Å². The zero-order valence-electron chi connectivity index (χ0n) is 18.4. The highest BCUT2D eigenvalue weighted by Crippen LogP contribution is 2.53. The Morgan fingerprint density at radius 1 is 0.903 bits per heavy atom. The lowest BCUT2D eigenvalue weighted by molar-refractivity contribution is -0.175. The number of hydrogen-bond acceptors (Lipinski definition) is 7. The van der Waals surface area contributed by atoms with Crippen molar-refractivity contribution in [3.63, 3.8) is 0 Å². The number of carbonyl (C=O) groups is 4. The molecule has 0 aromatic carbocycles. The van der Waals surface area contributed by atoms with Gasteiger partial charge in [0.1, 0.15) is 17.6 Å². The average Bonchev–Trinajstić information content (AvgIpc) is 2.97. The van der Waals surface area contributed by atoms with Crippen molar-refractivity contribution in [3.8, 4) is 0 Å². The Morgan fingerprint density at radius 2 is 1.39 bits per heavy atom. The Labute approximate surface area is 181 Å². The summed E-state index contributed by atoms with van der Waals surface area (Å²) >= 11 is 0.